The van der Waals surface area contributed by atoms with Gasteiger partial charge in [-0.1, -0.05) is 23.5 Å². The number of anilines is 1. The number of nitrogens with two attached hydrogens (primary N) is 1. The van der Waals surface area contributed by atoms with Gasteiger partial charge in [0.1, 0.15) is 0 Å². The molecule has 0 spiro atoms. The van der Waals surface area contributed by atoms with E-state index in [9.17, 15) is 4.79 Å². The monoisotopic (exact) mass is 185 g/mol. The third kappa shape index (κ3) is 2.73. The van der Waals surface area contributed by atoms with Crippen LogP contribution in [-0.4, -0.2) is 22.8 Å². The number of nitrogen functional groups attached to an aromatic ring is 1. The summed E-state index contributed by atoms with van der Waals surface area (Å²) < 4.78 is 9.45. The number of nitrogens with zero attached hydrogens (tertiary/aromatic N) is 2. The van der Waals surface area contributed by atoms with Crippen molar-refractivity contribution < 1.29 is 13.9 Å². The van der Waals surface area contributed by atoms with Crippen molar-refractivity contribution in [3.63, 3.8) is 0 Å². The number of unbranched alkanes of at least 4 members (excludes halogenated alkanes) is 1. The molecule has 0 saturated carbocycles. The Kier molecular flexibility index (Phi) is 3.24. The quantitative estimate of drug-likeness (QED) is 0.545. The Morgan fingerprint density at radius 2 is 2.38 bits per heavy atom. The Labute approximate surface area is 75.1 Å². The Bertz CT molecular complexity index is 284. The van der Waals surface area contributed by atoms with Crippen LogP contribution in [0.5, 0.6) is 0 Å². The Morgan fingerprint density at radius 1 is 1.62 bits per heavy atom. The summed E-state index contributed by atoms with van der Waals surface area (Å²) in [6.45, 7) is 2.36. The molecule has 1 heterocycles. The zero-order chi connectivity index (χ0) is 9.68. The van der Waals surface area contributed by atoms with E-state index in [1.54, 1.807) is 0 Å². The summed E-state index contributed by atoms with van der Waals surface area (Å²) >= 11 is 0. The molecule has 0 atom stereocenters. The Balaban J connectivity index is 2.40. The fourth-order valence-corrected chi connectivity index (χ4v) is 0.688. The molecule has 1 aromatic rings. The van der Waals surface area contributed by atoms with Crippen LogP contribution in [-0.2, 0) is 4.74 Å². The normalized spacial score (nSPS) is 9.92. The Morgan fingerprint density at radius 3 is 2.92 bits per heavy atom. The average Bonchev–Trinajstić information content (AvgIpc) is 2.52. The van der Waals surface area contributed by atoms with Gasteiger partial charge in [0.15, 0.2) is 0 Å². The van der Waals surface area contributed by atoms with E-state index < -0.39 is 5.97 Å². The van der Waals surface area contributed by atoms with Crippen LogP contribution in [0.1, 0.15) is 30.5 Å². The lowest BCUT2D eigenvalue weighted by molar-refractivity contribution is 0.0455. The van der Waals surface area contributed by atoms with E-state index in [1.165, 1.54) is 0 Å². The largest absolute Gasteiger partial charge is 0.459 e. The molecular formula is C7H11N3O3. The third-order valence-corrected chi connectivity index (χ3v) is 1.35. The van der Waals surface area contributed by atoms with Crippen molar-refractivity contribution in [3.05, 3.63) is 5.89 Å². The van der Waals surface area contributed by atoms with Crippen molar-refractivity contribution in [1.82, 2.24) is 10.2 Å². The van der Waals surface area contributed by atoms with Crippen LogP contribution in [0.15, 0.2) is 4.42 Å². The summed E-state index contributed by atoms with van der Waals surface area (Å²) in [6.07, 6.45) is 1.77. The lowest BCUT2D eigenvalue weighted by atomic mass is 10.4. The highest BCUT2D eigenvalue weighted by atomic mass is 16.5. The number of rotatable bonds is 4. The van der Waals surface area contributed by atoms with E-state index in [0.29, 0.717) is 6.61 Å². The van der Waals surface area contributed by atoms with Gasteiger partial charge in [0.25, 0.3) is 0 Å². The first-order valence-corrected chi connectivity index (χ1v) is 4.00. The van der Waals surface area contributed by atoms with Gasteiger partial charge in [-0.2, -0.15) is 0 Å². The van der Waals surface area contributed by atoms with Crippen LogP contribution >= 0.6 is 0 Å². The molecule has 0 fully saturated rings. The number of hydrogen-bond donors (Lipinski definition) is 1. The van der Waals surface area contributed by atoms with Crippen molar-refractivity contribution in [2.75, 3.05) is 12.3 Å². The highest BCUT2D eigenvalue weighted by Crippen LogP contribution is 2.02. The maximum Gasteiger partial charge on any atom is 0.396 e. The molecular weight excluding hydrogens is 174 g/mol. The third-order valence-electron chi connectivity index (χ3n) is 1.35. The van der Waals surface area contributed by atoms with E-state index in [0.717, 1.165) is 12.8 Å². The van der Waals surface area contributed by atoms with Crippen molar-refractivity contribution in [3.8, 4) is 0 Å². The minimum Gasteiger partial charge on any atom is -0.459 e. The minimum absolute atomic E-state index is 0.137. The van der Waals surface area contributed by atoms with Crippen LogP contribution in [0.2, 0.25) is 0 Å². The predicted molar refractivity (Wildman–Crippen MR) is 43.9 cm³/mol. The number of carbonyl (C=O) groups excluding carboxylic acids is 1. The van der Waals surface area contributed by atoms with Crippen LogP contribution in [0, 0.1) is 0 Å². The SMILES string of the molecule is CCCCOC(=O)c1nnc(N)o1. The van der Waals surface area contributed by atoms with Crippen LogP contribution in [0.3, 0.4) is 0 Å². The summed E-state index contributed by atoms with van der Waals surface area (Å²) in [5.41, 5.74) is 5.12. The van der Waals surface area contributed by atoms with Gasteiger partial charge in [0, 0.05) is 0 Å². The second kappa shape index (κ2) is 4.44. The molecule has 0 aromatic carbocycles. The number of esters is 1. The molecule has 0 bridgehead atoms. The first-order chi connectivity index (χ1) is 6.24. The number of ether oxygens (including phenoxy) is 1. The van der Waals surface area contributed by atoms with Gasteiger partial charge in [-0.25, -0.2) is 4.79 Å². The summed E-state index contributed by atoms with van der Waals surface area (Å²) in [5.74, 6) is -0.828. The Hall–Kier alpha value is -1.59. The van der Waals surface area contributed by atoms with Crippen molar-refractivity contribution >= 4 is 12.0 Å². The first-order valence-electron chi connectivity index (χ1n) is 4.00. The highest BCUT2D eigenvalue weighted by Gasteiger charge is 2.14. The molecule has 0 saturated heterocycles. The van der Waals surface area contributed by atoms with Crippen LogP contribution in [0.25, 0.3) is 0 Å². The van der Waals surface area contributed by atoms with E-state index in [-0.39, 0.29) is 11.9 Å². The molecule has 13 heavy (non-hydrogen) atoms. The molecule has 0 aliphatic carbocycles. The van der Waals surface area contributed by atoms with Gasteiger partial charge in [0.05, 0.1) is 6.61 Å². The van der Waals surface area contributed by atoms with E-state index in [1.807, 2.05) is 6.92 Å². The second-order valence-electron chi connectivity index (χ2n) is 2.43. The lowest BCUT2D eigenvalue weighted by Crippen LogP contribution is -2.06. The summed E-state index contributed by atoms with van der Waals surface area (Å²) in [4.78, 5) is 11.1. The average molecular weight is 185 g/mol. The van der Waals surface area contributed by atoms with Gasteiger partial charge in [-0.3, -0.25) is 0 Å². The molecule has 6 nitrogen and oxygen atoms in total. The highest BCUT2D eigenvalue weighted by molar-refractivity contribution is 5.84. The van der Waals surface area contributed by atoms with Crippen molar-refractivity contribution in [2.45, 2.75) is 19.8 Å². The molecule has 0 aliphatic heterocycles. The van der Waals surface area contributed by atoms with E-state index in [2.05, 4.69) is 14.6 Å². The van der Waals surface area contributed by atoms with E-state index >= 15 is 0 Å². The maximum absolute atomic E-state index is 11.1. The number of hydrogen-bond acceptors (Lipinski definition) is 6. The molecule has 0 amide bonds. The van der Waals surface area contributed by atoms with Crippen LogP contribution < -0.4 is 5.73 Å². The standard InChI is InChI=1S/C7H11N3O3/c1-2-3-4-12-6(11)5-9-10-7(8)13-5/h2-4H2,1H3,(H2,8,10). The van der Waals surface area contributed by atoms with Gasteiger partial charge < -0.3 is 14.9 Å². The fraction of sp³-hybridized carbons (Fsp3) is 0.571. The maximum atomic E-state index is 11.1. The fourth-order valence-electron chi connectivity index (χ4n) is 0.688. The zero-order valence-corrected chi connectivity index (χ0v) is 7.32. The zero-order valence-electron chi connectivity index (χ0n) is 7.32. The molecule has 1 aromatic heterocycles. The molecule has 0 radical (unpaired) electrons. The molecule has 2 N–H and O–H groups in total. The predicted octanol–water partition coefficient (Wildman–Crippen LogP) is 0.609. The second-order valence-corrected chi connectivity index (χ2v) is 2.43. The summed E-state index contributed by atoms with van der Waals surface area (Å²) in [6, 6.07) is -0.137. The molecule has 72 valence electrons. The summed E-state index contributed by atoms with van der Waals surface area (Å²) in [7, 11) is 0. The smallest absolute Gasteiger partial charge is 0.396 e. The molecule has 6 heteroatoms. The van der Waals surface area contributed by atoms with Crippen molar-refractivity contribution in [2.24, 2.45) is 0 Å². The molecule has 0 unspecified atom stereocenters. The minimum atomic E-state index is -0.627. The van der Waals surface area contributed by atoms with Gasteiger partial charge in [-0.05, 0) is 6.42 Å². The lowest BCUT2D eigenvalue weighted by Gasteiger charge is -1.98. The number of carbonyl (C=O) groups is 1. The summed E-state index contributed by atoms with van der Waals surface area (Å²) in [5, 5.41) is 6.70. The van der Waals surface area contributed by atoms with Gasteiger partial charge >= 0.3 is 17.9 Å². The topological polar surface area (TPSA) is 91.2 Å². The molecule has 1 rings (SSSR count). The number of aromatic nitrogens is 2. The van der Waals surface area contributed by atoms with Gasteiger partial charge in [-0.15, -0.1) is 0 Å². The van der Waals surface area contributed by atoms with Crippen LogP contribution in [0.4, 0.5) is 6.01 Å². The van der Waals surface area contributed by atoms with E-state index in [4.69, 9.17) is 10.5 Å². The van der Waals surface area contributed by atoms with Gasteiger partial charge in [0.2, 0.25) is 0 Å². The first kappa shape index (κ1) is 9.50. The molecule has 0 aliphatic rings. The van der Waals surface area contributed by atoms with Crippen molar-refractivity contribution in [1.29, 1.82) is 0 Å².